The monoisotopic (exact) mass is 293 g/mol. The lowest BCUT2D eigenvalue weighted by atomic mass is 9.90. The summed E-state index contributed by atoms with van der Waals surface area (Å²) < 4.78 is 0. The second kappa shape index (κ2) is 4.45. The van der Waals surface area contributed by atoms with Crippen molar-refractivity contribution in [3.8, 4) is 0 Å². The number of alkyl halides is 1. The van der Waals surface area contributed by atoms with Crippen LogP contribution >= 0.6 is 15.9 Å². The highest BCUT2D eigenvalue weighted by atomic mass is 79.9. The average molecular weight is 294 g/mol. The highest BCUT2D eigenvalue weighted by Crippen LogP contribution is 2.33. The smallest absolute Gasteiger partial charge is 0.240 e. The van der Waals surface area contributed by atoms with Crippen LogP contribution in [0.5, 0.6) is 0 Å². The first-order chi connectivity index (χ1) is 8.27. The van der Waals surface area contributed by atoms with Crippen molar-refractivity contribution in [3.05, 3.63) is 29.3 Å². The molecule has 0 radical (unpaired) electrons. The maximum Gasteiger partial charge on any atom is 0.240 e. The zero-order valence-electron chi connectivity index (χ0n) is 9.79. The van der Waals surface area contributed by atoms with Crippen LogP contribution in [-0.4, -0.2) is 17.3 Å². The van der Waals surface area contributed by atoms with Crippen LogP contribution in [0.15, 0.2) is 18.2 Å². The minimum atomic E-state index is 0.0157. The lowest BCUT2D eigenvalue weighted by Gasteiger charge is -2.24. The molecule has 1 heterocycles. The molecule has 0 saturated carbocycles. The van der Waals surface area contributed by atoms with E-state index in [9.17, 15) is 4.79 Å². The molecule has 3 heteroatoms. The summed E-state index contributed by atoms with van der Waals surface area (Å²) in [4.78, 5) is 14.0. The first kappa shape index (κ1) is 11.3. The Morgan fingerprint density at radius 3 is 2.82 bits per heavy atom. The van der Waals surface area contributed by atoms with E-state index >= 15 is 0 Å². The Bertz CT molecular complexity index is 458. The van der Waals surface area contributed by atoms with Gasteiger partial charge in [-0.25, -0.2) is 0 Å². The number of fused-ring (bicyclic) bond motifs is 1. The molecule has 2 aliphatic rings. The maximum atomic E-state index is 12.1. The predicted octanol–water partition coefficient (Wildman–Crippen LogP) is 3.07. The van der Waals surface area contributed by atoms with E-state index in [0.29, 0.717) is 0 Å². The number of benzene rings is 1. The van der Waals surface area contributed by atoms with E-state index in [1.807, 2.05) is 4.90 Å². The third-order valence-electron chi connectivity index (χ3n) is 3.80. The summed E-state index contributed by atoms with van der Waals surface area (Å²) in [7, 11) is 0. The topological polar surface area (TPSA) is 20.3 Å². The van der Waals surface area contributed by atoms with Crippen molar-refractivity contribution in [3.63, 3.8) is 0 Å². The van der Waals surface area contributed by atoms with E-state index in [1.54, 1.807) is 0 Å². The quantitative estimate of drug-likeness (QED) is 0.729. The molecule has 17 heavy (non-hydrogen) atoms. The third-order valence-corrected chi connectivity index (χ3v) is 4.65. The molecule has 1 amide bonds. The van der Waals surface area contributed by atoms with Crippen molar-refractivity contribution in [2.24, 2.45) is 0 Å². The normalized spacial score (nSPS) is 23.9. The van der Waals surface area contributed by atoms with Gasteiger partial charge in [-0.05, 0) is 49.3 Å². The number of carbonyl (C=O) groups is 1. The highest BCUT2D eigenvalue weighted by molar-refractivity contribution is 9.10. The molecule has 1 saturated heterocycles. The molecule has 0 bridgehead atoms. The summed E-state index contributed by atoms with van der Waals surface area (Å²) in [6.45, 7) is 0.852. The summed E-state index contributed by atoms with van der Waals surface area (Å²) in [6.07, 6.45) is 5.75. The van der Waals surface area contributed by atoms with Gasteiger partial charge in [0.2, 0.25) is 5.91 Å². The number of carbonyl (C=O) groups excluding carboxylic acids is 1. The number of nitrogens with zero attached hydrogens (tertiary/aromatic N) is 1. The number of aryl methyl sites for hydroxylation is 1. The Morgan fingerprint density at radius 1 is 1.24 bits per heavy atom. The minimum absolute atomic E-state index is 0.0157. The molecular weight excluding hydrogens is 278 g/mol. The standard InChI is InChI=1S/C14H16BrNO/c15-12-8-9-16(14(12)17)13-7-3-5-10-4-1-2-6-11(10)13/h3,5,7,12H,1-2,4,6,8-9H2. The molecular formula is C14H16BrNO. The molecule has 1 aromatic rings. The summed E-state index contributed by atoms with van der Waals surface area (Å²) in [5.41, 5.74) is 4.02. The van der Waals surface area contributed by atoms with Crippen LogP contribution in [0.3, 0.4) is 0 Å². The van der Waals surface area contributed by atoms with E-state index in [1.165, 1.54) is 30.4 Å². The Hall–Kier alpha value is -0.830. The Kier molecular flexibility index (Phi) is 2.95. The van der Waals surface area contributed by atoms with Crippen LogP contribution in [0.2, 0.25) is 0 Å². The van der Waals surface area contributed by atoms with E-state index in [2.05, 4.69) is 34.1 Å². The number of halogens is 1. The second-order valence-corrected chi connectivity index (χ2v) is 5.97. The molecule has 2 nitrogen and oxygen atoms in total. The van der Waals surface area contributed by atoms with Crippen molar-refractivity contribution in [1.82, 2.24) is 0 Å². The van der Waals surface area contributed by atoms with Gasteiger partial charge in [0, 0.05) is 12.2 Å². The first-order valence-electron chi connectivity index (χ1n) is 6.33. The largest absolute Gasteiger partial charge is 0.311 e. The summed E-state index contributed by atoms with van der Waals surface area (Å²) in [5.74, 6) is 0.226. The van der Waals surface area contributed by atoms with Crippen LogP contribution in [0.25, 0.3) is 0 Å². The number of amides is 1. The maximum absolute atomic E-state index is 12.1. The number of anilines is 1. The molecule has 1 aliphatic carbocycles. The van der Waals surface area contributed by atoms with Gasteiger partial charge in [-0.2, -0.15) is 0 Å². The Balaban J connectivity index is 2.00. The summed E-state index contributed by atoms with van der Waals surface area (Å²) in [6, 6.07) is 6.41. The molecule has 1 aromatic carbocycles. The number of hydrogen-bond donors (Lipinski definition) is 0. The van der Waals surface area contributed by atoms with Crippen LogP contribution in [0, 0.1) is 0 Å². The summed E-state index contributed by atoms with van der Waals surface area (Å²) >= 11 is 3.45. The van der Waals surface area contributed by atoms with Crippen LogP contribution in [-0.2, 0) is 17.6 Å². The van der Waals surface area contributed by atoms with Crippen LogP contribution in [0.4, 0.5) is 5.69 Å². The van der Waals surface area contributed by atoms with Crippen LogP contribution in [0.1, 0.15) is 30.4 Å². The average Bonchev–Trinajstić information content (AvgIpc) is 2.69. The van der Waals surface area contributed by atoms with Crippen LogP contribution < -0.4 is 4.90 Å². The number of hydrogen-bond acceptors (Lipinski definition) is 1. The highest BCUT2D eigenvalue weighted by Gasteiger charge is 2.32. The van der Waals surface area contributed by atoms with E-state index < -0.39 is 0 Å². The van der Waals surface area contributed by atoms with Crippen molar-refractivity contribution in [1.29, 1.82) is 0 Å². The van der Waals surface area contributed by atoms with E-state index in [0.717, 1.165) is 25.1 Å². The van der Waals surface area contributed by atoms with Gasteiger partial charge in [-0.15, -0.1) is 0 Å². The van der Waals surface area contributed by atoms with Gasteiger partial charge in [0.05, 0.1) is 4.83 Å². The number of rotatable bonds is 1. The Morgan fingerprint density at radius 2 is 2.06 bits per heavy atom. The third kappa shape index (κ3) is 1.90. The van der Waals surface area contributed by atoms with Gasteiger partial charge < -0.3 is 4.90 Å². The van der Waals surface area contributed by atoms with Crippen molar-refractivity contribution < 1.29 is 4.79 Å². The van der Waals surface area contributed by atoms with E-state index in [4.69, 9.17) is 0 Å². The predicted molar refractivity (Wildman–Crippen MR) is 72.8 cm³/mol. The molecule has 1 atom stereocenters. The molecule has 1 fully saturated rings. The van der Waals surface area contributed by atoms with Gasteiger partial charge in [0.1, 0.15) is 0 Å². The second-order valence-electron chi connectivity index (χ2n) is 4.87. The van der Waals surface area contributed by atoms with Crippen molar-refractivity contribution >= 4 is 27.5 Å². The molecule has 3 rings (SSSR count). The van der Waals surface area contributed by atoms with Gasteiger partial charge >= 0.3 is 0 Å². The fraction of sp³-hybridized carbons (Fsp3) is 0.500. The molecule has 1 aliphatic heterocycles. The zero-order chi connectivity index (χ0) is 11.8. The van der Waals surface area contributed by atoms with E-state index in [-0.39, 0.29) is 10.7 Å². The fourth-order valence-corrected chi connectivity index (χ4v) is 3.35. The molecule has 0 spiro atoms. The zero-order valence-corrected chi connectivity index (χ0v) is 11.4. The lowest BCUT2D eigenvalue weighted by molar-refractivity contribution is -0.116. The molecule has 0 N–H and O–H groups in total. The fourth-order valence-electron chi connectivity index (χ4n) is 2.90. The van der Waals surface area contributed by atoms with Gasteiger partial charge in [0.15, 0.2) is 0 Å². The molecule has 90 valence electrons. The molecule has 0 aromatic heterocycles. The van der Waals surface area contributed by atoms with Gasteiger partial charge in [-0.1, -0.05) is 28.1 Å². The lowest BCUT2D eigenvalue weighted by Crippen LogP contribution is -2.28. The molecule has 1 unspecified atom stereocenters. The van der Waals surface area contributed by atoms with Crippen molar-refractivity contribution in [2.45, 2.75) is 36.9 Å². The first-order valence-corrected chi connectivity index (χ1v) is 7.25. The van der Waals surface area contributed by atoms with Crippen molar-refractivity contribution in [2.75, 3.05) is 11.4 Å². The minimum Gasteiger partial charge on any atom is -0.311 e. The van der Waals surface area contributed by atoms with Gasteiger partial charge in [0.25, 0.3) is 0 Å². The summed E-state index contributed by atoms with van der Waals surface area (Å²) in [5, 5.41) is 0. The SMILES string of the molecule is O=C1C(Br)CCN1c1cccc2c1CCCC2. The Labute approximate surface area is 110 Å². The van der Waals surface area contributed by atoms with Gasteiger partial charge in [-0.3, -0.25) is 4.79 Å².